The number of hydrogen-bond acceptors (Lipinski definition) is 2. The third-order valence-electron chi connectivity index (χ3n) is 3.21. The highest BCUT2D eigenvalue weighted by atomic mass is 16.5. The van der Waals surface area contributed by atoms with Crippen molar-refractivity contribution in [2.45, 2.75) is 51.6 Å². The van der Waals surface area contributed by atoms with Gasteiger partial charge in [-0.05, 0) is 36.8 Å². The van der Waals surface area contributed by atoms with Crippen LogP contribution in [-0.2, 0) is 11.2 Å². The summed E-state index contributed by atoms with van der Waals surface area (Å²) in [6, 6.07) is 8.38. The van der Waals surface area contributed by atoms with E-state index in [0.717, 1.165) is 37.9 Å². The molecular formula is C16H26O2. The fraction of sp³-hybridized carbons (Fsp3) is 0.625. The largest absolute Gasteiger partial charge is 0.388 e. The molecule has 0 fully saturated rings. The molecule has 0 heterocycles. The summed E-state index contributed by atoms with van der Waals surface area (Å²) in [6.07, 6.45) is 6.18. The normalized spacial score (nSPS) is 12.6. The van der Waals surface area contributed by atoms with E-state index in [2.05, 4.69) is 25.1 Å². The third-order valence-corrected chi connectivity index (χ3v) is 3.21. The lowest BCUT2D eigenvalue weighted by Crippen LogP contribution is -1.98. The van der Waals surface area contributed by atoms with Gasteiger partial charge >= 0.3 is 0 Å². The molecule has 1 atom stereocenters. The van der Waals surface area contributed by atoms with Crippen molar-refractivity contribution in [3.05, 3.63) is 35.4 Å². The number of unbranched alkanes of at least 4 members (excludes halogenated alkanes) is 2. The van der Waals surface area contributed by atoms with Crippen molar-refractivity contribution >= 4 is 0 Å². The molecule has 1 N–H and O–H groups in total. The highest BCUT2D eigenvalue weighted by Gasteiger charge is 2.06. The third kappa shape index (κ3) is 5.65. The zero-order chi connectivity index (χ0) is 13.2. The fourth-order valence-electron chi connectivity index (χ4n) is 2.15. The van der Waals surface area contributed by atoms with E-state index >= 15 is 0 Å². The first-order valence-electron chi connectivity index (χ1n) is 7.03. The first-order chi connectivity index (χ1) is 8.77. The van der Waals surface area contributed by atoms with E-state index in [1.165, 1.54) is 18.4 Å². The molecule has 1 unspecified atom stereocenters. The van der Waals surface area contributed by atoms with Crippen molar-refractivity contribution in [1.82, 2.24) is 0 Å². The summed E-state index contributed by atoms with van der Waals surface area (Å²) in [4.78, 5) is 0. The molecule has 18 heavy (non-hydrogen) atoms. The Morgan fingerprint density at radius 2 is 2.06 bits per heavy atom. The minimum Gasteiger partial charge on any atom is -0.388 e. The second-order valence-electron chi connectivity index (χ2n) is 4.85. The number of aryl methyl sites for hydroxylation is 1. The molecule has 0 aliphatic heterocycles. The SMILES string of the molecule is CCCC(O)c1cccc(CCCCCOC)c1. The zero-order valence-corrected chi connectivity index (χ0v) is 11.7. The molecule has 0 aromatic heterocycles. The van der Waals surface area contributed by atoms with Gasteiger partial charge in [-0.2, -0.15) is 0 Å². The van der Waals surface area contributed by atoms with Crippen LogP contribution in [0.2, 0.25) is 0 Å². The van der Waals surface area contributed by atoms with Crippen LogP contribution in [0, 0.1) is 0 Å². The van der Waals surface area contributed by atoms with Crippen molar-refractivity contribution in [3.8, 4) is 0 Å². The van der Waals surface area contributed by atoms with Gasteiger partial charge < -0.3 is 9.84 Å². The standard InChI is InChI=1S/C16H26O2/c1-3-8-16(17)15-11-7-10-14(13-15)9-5-4-6-12-18-2/h7,10-11,13,16-17H,3-6,8-9,12H2,1-2H3. The molecule has 1 aromatic carbocycles. The predicted octanol–water partition coefficient (Wildman–Crippen LogP) is 3.88. The van der Waals surface area contributed by atoms with Crippen molar-refractivity contribution in [1.29, 1.82) is 0 Å². The van der Waals surface area contributed by atoms with Crippen LogP contribution >= 0.6 is 0 Å². The van der Waals surface area contributed by atoms with Crippen LogP contribution in [0.4, 0.5) is 0 Å². The lowest BCUT2D eigenvalue weighted by Gasteiger charge is -2.11. The highest BCUT2D eigenvalue weighted by molar-refractivity contribution is 5.25. The molecule has 0 bridgehead atoms. The Hall–Kier alpha value is -0.860. The van der Waals surface area contributed by atoms with E-state index in [1.54, 1.807) is 7.11 Å². The van der Waals surface area contributed by atoms with Crippen LogP contribution < -0.4 is 0 Å². The van der Waals surface area contributed by atoms with Gasteiger partial charge in [0.25, 0.3) is 0 Å². The molecule has 1 aromatic rings. The second kappa shape index (κ2) is 9.12. The Balaban J connectivity index is 2.39. The molecule has 0 aliphatic rings. The average molecular weight is 250 g/mol. The Bertz CT molecular complexity index is 323. The van der Waals surface area contributed by atoms with Crippen molar-refractivity contribution in [2.75, 3.05) is 13.7 Å². The van der Waals surface area contributed by atoms with E-state index in [9.17, 15) is 5.11 Å². The van der Waals surface area contributed by atoms with E-state index < -0.39 is 0 Å². The number of aliphatic hydroxyl groups excluding tert-OH is 1. The van der Waals surface area contributed by atoms with Crippen LogP contribution in [0.15, 0.2) is 24.3 Å². The molecule has 102 valence electrons. The van der Waals surface area contributed by atoms with Gasteiger partial charge in [0, 0.05) is 13.7 Å². The van der Waals surface area contributed by atoms with E-state index in [4.69, 9.17) is 4.74 Å². The summed E-state index contributed by atoms with van der Waals surface area (Å²) >= 11 is 0. The summed E-state index contributed by atoms with van der Waals surface area (Å²) < 4.78 is 5.04. The van der Waals surface area contributed by atoms with E-state index in [1.807, 2.05) is 6.07 Å². The van der Waals surface area contributed by atoms with Crippen molar-refractivity contribution < 1.29 is 9.84 Å². The highest BCUT2D eigenvalue weighted by Crippen LogP contribution is 2.20. The smallest absolute Gasteiger partial charge is 0.0790 e. The van der Waals surface area contributed by atoms with Gasteiger partial charge in [0.1, 0.15) is 0 Å². The summed E-state index contributed by atoms with van der Waals surface area (Å²) in [5.74, 6) is 0. The van der Waals surface area contributed by atoms with Gasteiger partial charge in [-0.15, -0.1) is 0 Å². The van der Waals surface area contributed by atoms with Crippen molar-refractivity contribution in [3.63, 3.8) is 0 Å². The molecular weight excluding hydrogens is 224 g/mol. The van der Waals surface area contributed by atoms with Gasteiger partial charge in [0.2, 0.25) is 0 Å². The molecule has 0 amide bonds. The van der Waals surface area contributed by atoms with Crippen LogP contribution in [0.25, 0.3) is 0 Å². The number of hydrogen-bond donors (Lipinski definition) is 1. The Kier molecular flexibility index (Phi) is 7.70. The van der Waals surface area contributed by atoms with Gasteiger partial charge in [0.05, 0.1) is 6.10 Å². The Morgan fingerprint density at radius 3 is 2.78 bits per heavy atom. The quantitative estimate of drug-likeness (QED) is 0.674. The first-order valence-corrected chi connectivity index (χ1v) is 7.03. The summed E-state index contributed by atoms with van der Waals surface area (Å²) in [6.45, 7) is 2.96. The second-order valence-corrected chi connectivity index (χ2v) is 4.85. The van der Waals surface area contributed by atoms with Crippen LogP contribution in [0.3, 0.4) is 0 Å². The molecule has 2 nitrogen and oxygen atoms in total. The molecule has 0 saturated carbocycles. The number of aliphatic hydroxyl groups is 1. The lowest BCUT2D eigenvalue weighted by atomic mass is 10.00. The van der Waals surface area contributed by atoms with E-state index in [-0.39, 0.29) is 6.10 Å². The summed E-state index contributed by atoms with van der Waals surface area (Å²) in [5, 5.41) is 9.97. The van der Waals surface area contributed by atoms with Gasteiger partial charge in [-0.3, -0.25) is 0 Å². The maximum absolute atomic E-state index is 9.97. The number of methoxy groups -OCH3 is 1. The fourth-order valence-corrected chi connectivity index (χ4v) is 2.15. The van der Waals surface area contributed by atoms with Crippen LogP contribution in [0.1, 0.15) is 56.3 Å². The molecule has 2 heteroatoms. The maximum Gasteiger partial charge on any atom is 0.0790 e. The summed E-state index contributed by atoms with van der Waals surface area (Å²) in [5.41, 5.74) is 2.39. The maximum atomic E-state index is 9.97. The average Bonchev–Trinajstić information content (AvgIpc) is 2.39. The topological polar surface area (TPSA) is 29.5 Å². The minimum absolute atomic E-state index is 0.302. The molecule has 0 spiro atoms. The molecule has 0 saturated heterocycles. The van der Waals surface area contributed by atoms with E-state index in [0.29, 0.717) is 0 Å². The van der Waals surface area contributed by atoms with Crippen LogP contribution in [0.5, 0.6) is 0 Å². The lowest BCUT2D eigenvalue weighted by molar-refractivity contribution is 0.166. The Labute approximate surface area is 111 Å². The van der Waals surface area contributed by atoms with Gasteiger partial charge in [-0.25, -0.2) is 0 Å². The predicted molar refractivity (Wildman–Crippen MR) is 75.7 cm³/mol. The monoisotopic (exact) mass is 250 g/mol. The number of rotatable bonds is 9. The molecule has 0 radical (unpaired) electrons. The Morgan fingerprint density at radius 1 is 1.22 bits per heavy atom. The summed E-state index contributed by atoms with van der Waals surface area (Å²) in [7, 11) is 1.75. The van der Waals surface area contributed by atoms with Gasteiger partial charge in [-0.1, -0.05) is 44.0 Å². The van der Waals surface area contributed by atoms with Crippen molar-refractivity contribution in [2.24, 2.45) is 0 Å². The minimum atomic E-state index is -0.302. The number of benzene rings is 1. The molecule has 0 aliphatic carbocycles. The zero-order valence-electron chi connectivity index (χ0n) is 11.7. The van der Waals surface area contributed by atoms with Gasteiger partial charge in [0.15, 0.2) is 0 Å². The first kappa shape index (κ1) is 15.2. The van der Waals surface area contributed by atoms with Crippen LogP contribution in [-0.4, -0.2) is 18.8 Å². The number of ether oxygens (including phenoxy) is 1. The molecule has 1 rings (SSSR count).